The summed E-state index contributed by atoms with van der Waals surface area (Å²) >= 11 is 0. The van der Waals surface area contributed by atoms with Crippen molar-refractivity contribution in [2.75, 3.05) is 20.1 Å². The first-order valence-corrected chi connectivity index (χ1v) is 3.75. The largest absolute Gasteiger partial charge is 0.365 e. The number of nitrogens with zero attached hydrogens (tertiary/aromatic N) is 3. The molecular weight excluding hydrogens is 138 g/mol. The van der Waals surface area contributed by atoms with Crippen LogP contribution in [-0.4, -0.2) is 36.1 Å². The Kier molecular flexibility index (Phi) is 2.50. The van der Waals surface area contributed by atoms with Crippen molar-refractivity contribution in [3.05, 3.63) is 12.3 Å². The lowest BCUT2D eigenvalue weighted by Gasteiger charge is -2.35. The quantitative estimate of drug-likeness (QED) is 0.514. The van der Waals surface area contributed by atoms with Gasteiger partial charge in [-0.2, -0.15) is 5.26 Å². The maximum atomic E-state index is 8.49. The van der Waals surface area contributed by atoms with Gasteiger partial charge in [0.1, 0.15) is 0 Å². The Hall–Kier alpha value is -1.01. The molecule has 1 heterocycles. The third-order valence-corrected chi connectivity index (χ3v) is 2.07. The van der Waals surface area contributed by atoms with Crippen LogP contribution in [0.5, 0.6) is 0 Å². The maximum absolute atomic E-state index is 8.49. The molecule has 0 radical (unpaired) electrons. The standard InChI is InChI=1S/C8H13N3/c1-8-10(2)5-3-6-11(8)7-4-9/h3,5,8H,6-7H2,1-2H3. The van der Waals surface area contributed by atoms with Crippen molar-refractivity contribution < 1.29 is 0 Å². The Bertz CT molecular complexity index is 192. The zero-order valence-electron chi connectivity index (χ0n) is 6.99. The molecule has 0 aliphatic carbocycles. The molecule has 0 fully saturated rings. The van der Waals surface area contributed by atoms with Crippen LogP contribution < -0.4 is 0 Å². The van der Waals surface area contributed by atoms with Gasteiger partial charge in [0.15, 0.2) is 0 Å². The summed E-state index contributed by atoms with van der Waals surface area (Å²) in [4.78, 5) is 4.21. The van der Waals surface area contributed by atoms with E-state index in [-0.39, 0.29) is 0 Å². The van der Waals surface area contributed by atoms with E-state index in [4.69, 9.17) is 5.26 Å². The molecule has 1 rings (SSSR count). The van der Waals surface area contributed by atoms with Gasteiger partial charge in [-0.15, -0.1) is 0 Å². The van der Waals surface area contributed by atoms with Crippen molar-refractivity contribution in [3.8, 4) is 6.07 Å². The zero-order chi connectivity index (χ0) is 8.27. The van der Waals surface area contributed by atoms with E-state index in [0.717, 1.165) is 6.54 Å². The molecule has 3 heteroatoms. The number of hydrogen-bond acceptors (Lipinski definition) is 3. The molecule has 0 spiro atoms. The zero-order valence-corrected chi connectivity index (χ0v) is 6.99. The van der Waals surface area contributed by atoms with Crippen LogP contribution in [0, 0.1) is 11.3 Å². The molecule has 60 valence electrons. The van der Waals surface area contributed by atoms with Gasteiger partial charge in [0.2, 0.25) is 0 Å². The van der Waals surface area contributed by atoms with Crippen LogP contribution in [0.4, 0.5) is 0 Å². The summed E-state index contributed by atoms with van der Waals surface area (Å²) in [6.07, 6.45) is 4.47. The van der Waals surface area contributed by atoms with Crippen LogP contribution in [0.15, 0.2) is 12.3 Å². The first kappa shape index (κ1) is 8.09. The normalized spacial score (nSPS) is 25.2. The summed E-state index contributed by atoms with van der Waals surface area (Å²) in [5, 5.41) is 8.49. The average molecular weight is 151 g/mol. The number of hydrogen-bond donors (Lipinski definition) is 0. The van der Waals surface area contributed by atoms with Crippen molar-refractivity contribution >= 4 is 0 Å². The molecule has 0 aromatic rings. The molecule has 1 aliphatic rings. The predicted molar refractivity (Wildman–Crippen MR) is 43.6 cm³/mol. The van der Waals surface area contributed by atoms with Crippen LogP contribution >= 0.6 is 0 Å². The van der Waals surface area contributed by atoms with Gasteiger partial charge in [0, 0.05) is 13.6 Å². The average Bonchev–Trinajstić information content (AvgIpc) is 1.99. The van der Waals surface area contributed by atoms with E-state index in [1.165, 1.54) is 0 Å². The second-order valence-electron chi connectivity index (χ2n) is 2.77. The van der Waals surface area contributed by atoms with E-state index in [1.807, 2.05) is 7.05 Å². The van der Waals surface area contributed by atoms with Crippen molar-refractivity contribution in [2.24, 2.45) is 0 Å². The van der Waals surface area contributed by atoms with Gasteiger partial charge in [-0.3, -0.25) is 4.90 Å². The fourth-order valence-corrected chi connectivity index (χ4v) is 1.17. The molecule has 0 N–H and O–H groups in total. The van der Waals surface area contributed by atoms with Crippen LogP contribution in [0.25, 0.3) is 0 Å². The molecule has 0 saturated heterocycles. The summed E-state index contributed by atoms with van der Waals surface area (Å²) in [7, 11) is 2.02. The minimum Gasteiger partial charge on any atom is -0.365 e. The highest BCUT2D eigenvalue weighted by molar-refractivity contribution is 4.95. The molecule has 3 nitrogen and oxygen atoms in total. The second-order valence-corrected chi connectivity index (χ2v) is 2.77. The Morgan fingerprint density at radius 1 is 1.73 bits per heavy atom. The van der Waals surface area contributed by atoms with Gasteiger partial charge in [-0.1, -0.05) is 6.08 Å². The SMILES string of the molecule is CC1N(C)C=CCN1CC#N. The Labute approximate surface area is 67.5 Å². The van der Waals surface area contributed by atoms with Crippen molar-refractivity contribution in [2.45, 2.75) is 13.1 Å². The van der Waals surface area contributed by atoms with Gasteiger partial charge in [-0.25, -0.2) is 0 Å². The molecule has 0 bridgehead atoms. The Balaban J connectivity index is 2.56. The summed E-state index contributed by atoms with van der Waals surface area (Å²) < 4.78 is 0. The third kappa shape index (κ3) is 1.72. The smallest absolute Gasteiger partial charge is 0.0884 e. The number of nitriles is 1. The van der Waals surface area contributed by atoms with E-state index in [2.05, 4.69) is 35.1 Å². The lowest BCUT2D eigenvalue weighted by molar-refractivity contribution is 0.121. The predicted octanol–water partition coefficient (Wildman–Crippen LogP) is 0.617. The molecule has 11 heavy (non-hydrogen) atoms. The topological polar surface area (TPSA) is 30.3 Å². The molecule has 0 amide bonds. The van der Waals surface area contributed by atoms with Crippen LogP contribution in [-0.2, 0) is 0 Å². The molecular formula is C8H13N3. The van der Waals surface area contributed by atoms with E-state index < -0.39 is 0 Å². The lowest BCUT2D eigenvalue weighted by Crippen LogP contribution is -2.45. The highest BCUT2D eigenvalue weighted by Crippen LogP contribution is 2.08. The summed E-state index contributed by atoms with van der Waals surface area (Å²) in [6, 6.07) is 2.15. The summed E-state index contributed by atoms with van der Waals surface area (Å²) in [5.41, 5.74) is 0. The maximum Gasteiger partial charge on any atom is 0.0884 e. The Morgan fingerprint density at radius 3 is 3.09 bits per heavy atom. The molecule has 1 atom stereocenters. The molecule has 0 aromatic heterocycles. The van der Waals surface area contributed by atoms with Crippen LogP contribution in [0.3, 0.4) is 0 Å². The van der Waals surface area contributed by atoms with Crippen LogP contribution in [0.1, 0.15) is 6.92 Å². The lowest BCUT2D eigenvalue weighted by atomic mass is 10.3. The fourth-order valence-electron chi connectivity index (χ4n) is 1.17. The van der Waals surface area contributed by atoms with E-state index in [1.54, 1.807) is 0 Å². The first-order valence-electron chi connectivity index (χ1n) is 3.75. The first-order chi connectivity index (χ1) is 5.25. The molecule has 0 aromatic carbocycles. The van der Waals surface area contributed by atoms with Crippen LogP contribution in [0.2, 0.25) is 0 Å². The van der Waals surface area contributed by atoms with E-state index >= 15 is 0 Å². The van der Waals surface area contributed by atoms with E-state index in [9.17, 15) is 0 Å². The second kappa shape index (κ2) is 3.40. The van der Waals surface area contributed by atoms with Crippen molar-refractivity contribution in [1.29, 1.82) is 5.26 Å². The molecule has 1 unspecified atom stereocenters. The highest BCUT2D eigenvalue weighted by Gasteiger charge is 2.17. The minimum absolute atomic E-state index is 0.347. The van der Waals surface area contributed by atoms with Gasteiger partial charge in [0.05, 0.1) is 18.8 Å². The summed E-state index contributed by atoms with van der Waals surface area (Å²) in [6.45, 7) is 3.50. The Morgan fingerprint density at radius 2 is 2.45 bits per heavy atom. The molecule has 0 saturated carbocycles. The van der Waals surface area contributed by atoms with Gasteiger partial charge >= 0.3 is 0 Å². The van der Waals surface area contributed by atoms with Gasteiger partial charge in [-0.05, 0) is 13.1 Å². The fraction of sp³-hybridized carbons (Fsp3) is 0.625. The minimum atomic E-state index is 0.347. The monoisotopic (exact) mass is 151 g/mol. The van der Waals surface area contributed by atoms with Crippen molar-refractivity contribution in [3.63, 3.8) is 0 Å². The van der Waals surface area contributed by atoms with Crippen molar-refractivity contribution in [1.82, 2.24) is 9.80 Å². The van der Waals surface area contributed by atoms with E-state index in [0.29, 0.717) is 12.7 Å². The summed E-state index contributed by atoms with van der Waals surface area (Å²) in [5.74, 6) is 0. The van der Waals surface area contributed by atoms with Gasteiger partial charge < -0.3 is 4.90 Å². The van der Waals surface area contributed by atoms with Gasteiger partial charge in [0.25, 0.3) is 0 Å². The highest BCUT2D eigenvalue weighted by atomic mass is 15.3. The number of rotatable bonds is 1. The molecule has 1 aliphatic heterocycles. The third-order valence-electron chi connectivity index (χ3n) is 2.07.